The van der Waals surface area contributed by atoms with Crippen LogP contribution in [0.4, 0.5) is 0 Å². The molecule has 0 bridgehead atoms. The number of carbonyl (C=O) groups is 2. The summed E-state index contributed by atoms with van der Waals surface area (Å²) in [5.41, 5.74) is 1.06. The van der Waals surface area contributed by atoms with Gasteiger partial charge in [-0.15, -0.1) is 0 Å². The molecule has 0 aromatic carbocycles. The third-order valence-electron chi connectivity index (χ3n) is 5.22. The van der Waals surface area contributed by atoms with Crippen molar-refractivity contribution < 1.29 is 19.4 Å². The summed E-state index contributed by atoms with van der Waals surface area (Å²) in [6, 6.07) is 7.35. The van der Waals surface area contributed by atoms with E-state index in [4.69, 9.17) is 4.74 Å². The molecule has 4 rings (SSSR count). The van der Waals surface area contributed by atoms with Crippen LogP contribution in [0.1, 0.15) is 31.4 Å². The standard InChI is InChI=1S/C19H18N2O4/c1-25-18(24)15-16(22)14-7-6-13(12-5-4-10-20-11-12)21(14)19(17(15)23)8-2-3-9-19/h4-7,10-11,22H,2-3,8-9H2,1H3. The number of aliphatic hydroxyl groups is 1. The van der Waals surface area contributed by atoms with Crippen LogP contribution in [0.2, 0.25) is 0 Å². The first-order chi connectivity index (χ1) is 12.1. The van der Waals surface area contributed by atoms with E-state index in [1.54, 1.807) is 18.5 Å². The van der Waals surface area contributed by atoms with Crippen molar-refractivity contribution in [3.63, 3.8) is 0 Å². The summed E-state index contributed by atoms with van der Waals surface area (Å²) in [6.45, 7) is 0. The van der Waals surface area contributed by atoms with E-state index in [0.29, 0.717) is 18.5 Å². The summed E-state index contributed by atoms with van der Waals surface area (Å²) < 4.78 is 6.63. The Hall–Kier alpha value is -2.89. The van der Waals surface area contributed by atoms with Crippen LogP contribution >= 0.6 is 0 Å². The number of nitrogens with zero attached hydrogens (tertiary/aromatic N) is 2. The number of carbonyl (C=O) groups excluding carboxylic acids is 2. The molecule has 2 aliphatic rings. The number of fused-ring (bicyclic) bond motifs is 2. The molecule has 0 radical (unpaired) electrons. The highest BCUT2D eigenvalue weighted by Gasteiger charge is 2.52. The minimum Gasteiger partial charge on any atom is -0.505 e. The van der Waals surface area contributed by atoms with Gasteiger partial charge in [0.25, 0.3) is 0 Å². The number of ketones is 1. The summed E-state index contributed by atoms with van der Waals surface area (Å²) in [6.07, 6.45) is 6.47. The molecule has 2 aromatic heterocycles. The molecule has 128 valence electrons. The van der Waals surface area contributed by atoms with Crippen LogP contribution < -0.4 is 0 Å². The van der Waals surface area contributed by atoms with Gasteiger partial charge in [0.2, 0.25) is 0 Å². The average Bonchev–Trinajstić information content (AvgIpc) is 3.29. The highest BCUT2D eigenvalue weighted by molar-refractivity contribution is 6.25. The molecule has 1 saturated carbocycles. The minimum atomic E-state index is -0.847. The van der Waals surface area contributed by atoms with Crippen molar-refractivity contribution in [2.24, 2.45) is 0 Å². The lowest BCUT2D eigenvalue weighted by atomic mass is 9.82. The van der Waals surface area contributed by atoms with E-state index in [-0.39, 0.29) is 17.1 Å². The Balaban J connectivity index is 2.01. The van der Waals surface area contributed by atoms with Gasteiger partial charge in [-0.1, -0.05) is 12.8 Å². The predicted molar refractivity (Wildman–Crippen MR) is 90.7 cm³/mol. The van der Waals surface area contributed by atoms with Gasteiger partial charge < -0.3 is 14.4 Å². The number of aliphatic hydroxyl groups excluding tert-OH is 1. The minimum absolute atomic E-state index is 0.243. The van der Waals surface area contributed by atoms with Crippen LogP contribution in [-0.2, 0) is 19.9 Å². The molecular formula is C19H18N2O4. The molecule has 0 saturated heterocycles. The lowest BCUT2D eigenvalue weighted by Crippen LogP contribution is -2.46. The molecule has 6 nitrogen and oxygen atoms in total. The Morgan fingerprint density at radius 2 is 1.96 bits per heavy atom. The fourth-order valence-electron chi connectivity index (χ4n) is 4.09. The third kappa shape index (κ3) is 2.06. The molecule has 0 atom stereocenters. The molecule has 3 heterocycles. The monoisotopic (exact) mass is 338 g/mol. The van der Waals surface area contributed by atoms with Gasteiger partial charge in [0.15, 0.2) is 11.5 Å². The number of methoxy groups -OCH3 is 1. The van der Waals surface area contributed by atoms with Crippen molar-refractivity contribution in [1.82, 2.24) is 9.55 Å². The number of aromatic nitrogens is 2. The Bertz CT molecular complexity index is 889. The summed E-state index contributed by atoms with van der Waals surface area (Å²) in [7, 11) is 1.21. The number of esters is 1. The van der Waals surface area contributed by atoms with Crippen LogP contribution in [0, 0.1) is 0 Å². The van der Waals surface area contributed by atoms with E-state index < -0.39 is 11.5 Å². The zero-order valence-corrected chi connectivity index (χ0v) is 13.9. The Morgan fingerprint density at radius 3 is 2.60 bits per heavy atom. The van der Waals surface area contributed by atoms with E-state index >= 15 is 0 Å². The summed E-state index contributed by atoms with van der Waals surface area (Å²) in [5.74, 6) is -1.46. The van der Waals surface area contributed by atoms with Crippen molar-refractivity contribution >= 4 is 17.5 Å². The molecule has 1 aliphatic heterocycles. The quantitative estimate of drug-likeness (QED) is 0.673. The van der Waals surface area contributed by atoms with Crippen molar-refractivity contribution in [3.8, 4) is 11.3 Å². The molecule has 6 heteroatoms. The molecular weight excluding hydrogens is 320 g/mol. The second-order valence-electron chi connectivity index (χ2n) is 6.46. The Labute approximate surface area is 144 Å². The lowest BCUT2D eigenvalue weighted by Gasteiger charge is -2.37. The van der Waals surface area contributed by atoms with Gasteiger partial charge in [-0.05, 0) is 37.1 Å². The third-order valence-corrected chi connectivity index (χ3v) is 5.22. The molecule has 0 unspecified atom stereocenters. The second-order valence-corrected chi connectivity index (χ2v) is 6.46. The van der Waals surface area contributed by atoms with Crippen LogP contribution in [0.5, 0.6) is 0 Å². The molecule has 0 amide bonds. The molecule has 1 spiro atoms. The van der Waals surface area contributed by atoms with Crippen LogP contribution in [0.3, 0.4) is 0 Å². The van der Waals surface area contributed by atoms with Gasteiger partial charge in [-0.3, -0.25) is 9.78 Å². The molecule has 1 N–H and O–H groups in total. The maximum absolute atomic E-state index is 13.2. The summed E-state index contributed by atoms with van der Waals surface area (Å²) >= 11 is 0. The first kappa shape index (κ1) is 15.6. The fraction of sp³-hybridized carbons (Fsp3) is 0.316. The number of ether oxygens (including phenoxy) is 1. The lowest BCUT2D eigenvalue weighted by molar-refractivity contribution is -0.139. The Morgan fingerprint density at radius 1 is 1.24 bits per heavy atom. The van der Waals surface area contributed by atoms with Gasteiger partial charge in [0, 0.05) is 18.0 Å². The zero-order chi connectivity index (χ0) is 17.6. The highest BCUT2D eigenvalue weighted by Crippen LogP contribution is 2.47. The zero-order valence-electron chi connectivity index (χ0n) is 13.9. The highest BCUT2D eigenvalue weighted by atomic mass is 16.5. The number of hydrogen-bond acceptors (Lipinski definition) is 5. The van der Waals surface area contributed by atoms with Gasteiger partial charge in [0.1, 0.15) is 11.1 Å². The molecule has 25 heavy (non-hydrogen) atoms. The largest absolute Gasteiger partial charge is 0.505 e. The molecule has 1 aliphatic carbocycles. The fourth-order valence-corrected chi connectivity index (χ4v) is 4.09. The van der Waals surface area contributed by atoms with Crippen LogP contribution in [0.25, 0.3) is 17.0 Å². The maximum Gasteiger partial charge on any atom is 0.345 e. The van der Waals surface area contributed by atoms with E-state index in [1.165, 1.54) is 7.11 Å². The van der Waals surface area contributed by atoms with Gasteiger partial charge >= 0.3 is 5.97 Å². The van der Waals surface area contributed by atoms with Crippen molar-refractivity contribution in [2.75, 3.05) is 7.11 Å². The van der Waals surface area contributed by atoms with E-state index in [9.17, 15) is 14.7 Å². The van der Waals surface area contributed by atoms with E-state index in [1.807, 2.05) is 22.8 Å². The summed E-state index contributed by atoms with van der Waals surface area (Å²) in [5, 5.41) is 10.6. The number of pyridine rings is 1. The number of rotatable bonds is 2. The predicted octanol–water partition coefficient (Wildman–Crippen LogP) is 2.84. The van der Waals surface area contributed by atoms with Crippen molar-refractivity contribution in [1.29, 1.82) is 0 Å². The second kappa shape index (κ2) is 5.58. The van der Waals surface area contributed by atoms with Gasteiger partial charge in [-0.25, -0.2) is 4.79 Å². The Kier molecular flexibility index (Phi) is 3.49. The van der Waals surface area contributed by atoms with Crippen molar-refractivity contribution in [2.45, 2.75) is 31.2 Å². The van der Waals surface area contributed by atoms with Gasteiger partial charge in [-0.2, -0.15) is 0 Å². The van der Waals surface area contributed by atoms with Crippen LogP contribution in [0.15, 0.2) is 42.2 Å². The SMILES string of the molecule is COC(=O)C1=C(O)c2ccc(-c3cccnc3)n2C2(CCCC2)C1=O. The topological polar surface area (TPSA) is 81.4 Å². The molecule has 2 aromatic rings. The van der Waals surface area contributed by atoms with E-state index in [2.05, 4.69) is 4.98 Å². The molecule has 1 fully saturated rings. The smallest absolute Gasteiger partial charge is 0.345 e. The van der Waals surface area contributed by atoms with Gasteiger partial charge in [0.05, 0.1) is 18.5 Å². The normalized spacial score (nSPS) is 18.5. The number of Topliss-reactive ketones (excluding diaryl/α,β-unsaturated/α-hetero) is 1. The van der Waals surface area contributed by atoms with Crippen LogP contribution in [-0.4, -0.2) is 33.5 Å². The maximum atomic E-state index is 13.2. The van der Waals surface area contributed by atoms with E-state index in [0.717, 1.165) is 24.1 Å². The first-order valence-corrected chi connectivity index (χ1v) is 8.29. The number of hydrogen-bond donors (Lipinski definition) is 1. The average molecular weight is 338 g/mol. The van der Waals surface area contributed by atoms with Crippen molar-refractivity contribution in [3.05, 3.63) is 47.9 Å². The summed E-state index contributed by atoms with van der Waals surface area (Å²) in [4.78, 5) is 29.5. The first-order valence-electron chi connectivity index (χ1n) is 8.29.